The van der Waals surface area contributed by atoms with Gasteiger partial charge in [-0.2, -0.15) is 0 Å². The van der Waals surface area contributed by atoms with E-state index in [0.29, 0.717) is 18.0 Å². The summed E-state index contributed by atoms with van der Waals surface area (Å²) in [6, 6.07) is 11.5. The number of pyridine rings is 1. The molecule has 35 heavy (non-hydrogen) atoms. The molecule has 2 aromatic heterocycles. The number of aromatic nitrogens is 2. The van der Waals surface area contributed by atoms with Gasteiger partial charge < -0.3 is 20.1 Å². The molecule has 1 atom stereocenters. The number of carbonyl (C=O) groups excluding carboxylic acids is 2. The Kier molecular flexibility index (Phi) is 13.9. The number of rotatable bonds is 9. The molecular weight excluding hydrogens is 460 g/mol. The molecule has 0 fully saturated rings. The lowest BCUT2D eigenvalue weighted by Crippen LogP contribution is -2.44. The van der Waals surface area contributed by atoms with Crippen molar-refractivity contribution >= 4 is 34.2 Å². The molecule has 0 radical (unpaired) electrons. The zero-order chi connectivity index (χ0) is 26.3. The molecule has 0 saturated carbocycles. The molecule has 3 rings (SSSR count). The lowest BCUT2D eigenvalue weighted by Gasteiger charge is -2.32. The molecule has 192 valence electrons. The van der Waals surface area contributed by atoms with Crippen molar-refractivity contribution in [3.05, 3.63) is 59.4 Å². The minimum absolute atomic E-state index is 0.00497. The highest BCUT2D eigenvalue weighted by molar-refractivity contribution is 7.20. The first-order valence-corrected chi connectivity index (χ1v) is 12.8. The molecule has 0 bridgehead atoms. The summed E-state index contributed by atoms with van der Waals surface area (Å²) in [4.78, 5) is 32.2. The van der Waals surface area contributed by atoms with Crippen LogP contribution in [0.2, 0.25) is 0 Å². The van der Waals surface area contributed by atoms with E-state index in [-0.39, 0.29) is 24.1 Å². The molecule has 2 N–H and O–H groups in total. The summed E-state index contributed by atoms with van der Waals surface area (Å²) in [6.07, 6.45) is 6.02. The van der Waals surface area contributed by atoms with E-state index in [1.807, 2.05) is 48.1 Å². The van der Waals surface area contributed by atoms with Crippen LogP contribution in [-0.2, 0) is 11.3 Å². The first-order valence-electron chi connectivity index (χ1n) is 12.0. The van der Waals surface area contributed by atoms with Gasteiger partial charge in [0.25, 0.3) is 5.91 Å². The van der Waals surface area contributed by atoms with Gasteiger partial charge in [0.05, 0.1) is 10.2 Å². The quantitative estimate of drug-likeness (QED) is 0.425. The lowest BCUT2D eigenvalue weighted by atomic mass is 10.0. The van der Waals surface area contributed by atoms with E-state index in [1.54, 1.807) is 12.4 Å². The molecule has 1 unspecified atom stereocenters. The molecule has 7 nitrogen and oxygen atoms in total. The highest BCUT2D eigenvalue weighted by Crippen LogP contribution is 2.25. The van der Waals surface area contributed by atoms with Gasteiger partial charge >= 0.3 is 0 Å². The Hall–Kier alpha value is -2.68. The van der Waals surface area contributed by atoms with Gasteiger partial charge in [-0.1, -0.05) is 38.5 Å². The van der Waals surface area contributed by atoms with Crippen LogP contribution < -0.4 is 5.32 Å². The van der Waals surface area contributed by atoms with Crippen molar-refractivity contribution in [1.29, 1.82) is 0 Å². The highest BCUT2D eigenvalue weighted by Gasteiger charge is 2.27. The van der Waals surface area contributed by atoms with Crippen molar-refractivity contribution in [3.8, 4) is 0 Å². The van der Waals surface area contributed by atoms with Gasteiger partial charge in [-0.15, -0.1) is 11.3 Å². The molecule has 0 aliphatic heterocycles. The Morgan fingerprint density at radius 3 is 2.40 bits per heavy atom. The number of nitrogens with zero attached hydrogens (tertiary/aromatic N) is 3. The fourth-order valence-electron chi connectivity index (χ4n) is 3.36. The van der Waals surface area contributed by atoms with Crippen LogP contribution in [0.4, 0.5) is 0 Å². The van der Waals surface area contributed by atoms with Crippen molar-refractivity contribution in [3.63, 3.8) is 0 Å². The second-order valence-corrected chi connectivity index (χ2v) is 10.2. The number of nitrogens with one attached hydrogen (secondary N) is 1. The SMILES string of the molecule is C=O.CC(C)(C)NCCC(CCO)N(Cc1cccnc1)C(=O)c1nc2ccccc2s1.CCC. The van der Waals surface area contributed by atoms with Gasteiger partial charge in [-0.25, -0.2) is 4.98 Å². The average Bonchev–Trinajstić information content (AvgIpc) is 3.28. The molecule has 1 aromatic carbocycles. The highest BCUT2D eigenvalue weighted by atomic mass is 32.1. The predicted octanol–water partition coefficient (Wildman–Crippen LogP) is 5.09. The Morgan fingerprint density at radius 2 is 1.83 bits per heavy atom. The predicted molar refractivity (Wildman–Crippen MR) is 145 cm³/mol. The lowest BCUT2D eigenvalue weighted by molar-refractivity contribution is -0.0980. The van der Waals surface area contributed by atoms with Gasteiger partial charge in [0, 0.05) is 37.1 Å². The summed E-state index contributed by atoms with van der Waals surface area (Å²) >= 11 is 1.41. The third-order valence-corrected chi connectivity index (χ3v) is 5.87. The van der Waals surface area contributed by atoms with Gasteiger partial charge in [0.2, 0.25) is 0 Å². The van der Waals surface area contributed by atoms with Crippen LogP contribution in [0.25, 0.3) is 10.2 Å². The van der Waals surface area contributed by atoms with Crippen LogP contribution in [0.3, 0.4) is 0 Å². The van der Waals surface area contributed by atoms with Crippen LogP contribution >= 0.6 is 11.3 Å². The number of amides is 1. The Morgan fingerprint density at radius 1 is 1.14 bits per heavy atom. The molecule has 0 aliphatic carbocycles. The van der Waals surface area contributed by atoms with Gasteiger partial charge in [-0.3, -0.25) is 9.78 Å². The molecule has 1 amide bonds. The molecule has 3 aromatic rings. The summed E-state index contributed by atoms with van der Waals surface area (Å²) in [5.41, 5.74) is 1.79. The monoisotopic (exact) mass is 500 g/mol. The summed E-state index contributed by atoms with van der Waals surface area (Å²) in [6.45, 7) is 13.8. The first-order chi connectivity index (χ1) is 16.8. The fourth-order valence-corrected chi connectivity index (χ4v) is 4.28. The second-order valence-electron chi connectivity index (χ2n) is 9.12. The molecule has 8 heteroatoms. The van der Waals surface area contributed by atoms with E-state index >= 15 is 0 Å². The summed E-state index contributed by atoms with van der Waals surface area (Å²) in [7, 11) is 0. The van der Waals surface area contributed by atoms with E-state index in [1.165, 1.54) is 17.8 Å². The molecule has 0 spiro atoms. The molecule has 0 saturated heterocycles. The number of para-hydroxylation sites is 1. The Bertz CT molecular complexity index is 956. The third-order valence-electron chi connectivity index (χ3n) is 4.85. The number of hydrogen-bond donors (Lipinski definition) is 2. The van der Waals surface area contributed by atoms with Crippen molar-refractivity contribution < 1.29 is 14.7 Å². The second kappa shape index (κ2) is 16.1. The largest absolute Gasteiger partial charge is 0.396 e. The van der Waals surface area contributed by atoms with Crippen molar-refractivity contribution in [2.45, 2.75) is 72.0 Å². The third kappa shape index (κ3) is 10.6. The number of aliphatic hydroxyl groups excluding tert-OH is 1. The first kappa shape index (κ1) is 30.4. The maximum absolute atomic E-state index is 13.5. The minimum Gasteiger partial charge on any atom is -0.396 e. The number of fused-ring (bicyclic) bond motifs is 1. The number of carbonyl (C=O) groups is 2. The molecule has 2 heterocycles. The van der Waals surface area contributed by atoms with Crippen LogP contribution in [0, 0.1) is 0 Å². The van der Waals surface area contributed by atoms with E-state index < -0.39 is 0 Å². The summed E-state index contributed by atoms with van der Waals surface area (Å²) in [5, 5.41) is 13.7. The number of benzene rings is 1. The minimum atomic E-state index is -0.107. The smallest absolute Gasteiger partial charge is 0.283 e. The maximum atomic E-state index is 13.5. The summed E-state index contributed by atoms with van der Waals surface area (Å²) in [5.74, 6) is -0.103. The Labute approximate surface area is 213 Å². The van der Waals surface area contributed by atoms with E-state index in [0.717, 1.165) is 28.7 Å². The normalized spacial score (nSPS) is 11.6. The van der Waals surface area contributed by atoms with Gasteiger partial charge in [0.15, 0.2) is 5.01 Å². The van der Waals surface area contributed by atoms with Crippen LogP contribution in [0.15, 0.2) is 48.8 Å². The Balaban J connectivity index is 0.00000114. The number of thiazole rings is 1. The topological polar surface area (TPSA) is 95.4 Å². The zero-order valence-electron chi connectivity index (χ0n) is 21.7. The van der Waals surface area contributed by atoms with E-state index in [2.05, 4.69) is 49.9 Å². The van der Waals surface area contributed by atoms with Crippen LogP contribution in [-0.4, -0.2) is 57.4 Å². The van der Waals surface area contributed by atoms with E-state index in [9.17, 15) is 9.90 Å². The summed E-state index contributed by atoms with van der Waals surface area (Å²) < 4.78 is 0.996. The average molecular weight is 501 g/mol. The van der Waals surface area contributed by atoms with Crippen molar-refractivity contribution in [1.82, 2.24) is 20.2 Å². The van der Waals surface area contributed by atoms with Crippen LogP contribution in [0.5, 0.6) is 0 Å². The van der Waals surface area contributed by atoms with Crippen LogP contribution in [0.1, 0.15) is 69.2 Å². The maximum Gasteiger partial charge on any atom is 0.283 e. The molecule has 0 aliphatic rings. The van der Waals surface area contributed by atoms with Gasteiger partial charge in [-0.05, 0) is 63.9 Å². The zero-order valence-corrected chi connectivity index (χ0v) is 22.5. The standard InChI is InChI=1S/C23H30N4O2S.C3H8.CH2O/c1-23(2,3)25-13-10-18(11-14-28)27(16-17-7-6-12-24-15-17)22(29)21-26-19-8-4-5-9-20(19)30-21;1-3-2;1-2/h4-9,12,15,18,25,28H,10-11,13-14,16H2,1-3H3;3H2,1-2H3;1H2. The number of aliphatic hydroxyl groups is 1. The van der Waals surface area contributed by atoms with Crippen molar-refractivity contribution in [2.75, 3.05) is 13.2 Å². The van der Waals surface area contributed by atoms with Crippen molar-refractivity contribution in [2.24, 2.45) is 0 Å². The molecular formula is C27H40N4O3S. The van der Waals surface area contributed by atoms with Gasteiger partial charge in [0.1, 0.15) is 6.79 Å². The fraction of sp³-hybridized carbons (Fsp3) is 0.481. The van der Waals surface area contributed by atoms with E-state index in [4.69, 9.17) is 4.79 Å². The number of hydrogen-bond acceptors (Lipinski definition) is 7.